The third-order valence-electron chi connectivity index (χ3n) is 4.44. The van der Waals surface area contributed by atoms with E-state index in [1.165, 1.54) is 0 Å². The molecule has 2 aromatic rings. The van der Waals surface area contributed by atoms with Crippen LogP contribution in [0.1, 0.15) is 30.4 Å². The zero-order chi connectivity index (χ0) is 14.9. The fourth-order valence-electron chi connectivity index (χ4n) is 3.25. The van der Waals surface area contributed by atoms with Crippen LogP contribution in [-0.4, -0.2) is 12.2 Å². The van der Waals surface area contributed by atoms with Crippen molar-refractivity contribution in [2.75, 3.05) is 5.32 Å². The number of fused-ring (bicyclic) bond motifs is 1. The first-order chi connectivity index (χ1) is 10.2. The fourth-order valence-corrected chi connectivity index (χ4v) is 3.25. The zero-order valence-electron chi connectivity index (χ0n) is 11.9. The van der Waals surface area contributed by atoms with Gasteiger partial charge >= 0.3 is 0 Å². The summed E-state index contributed by atoms with van der Waals surface area (Å²) in [6, 6.07) is 17.5. The highest BCUT2D eigenvalue weighted by molar-refractivity contribution is 6.06. The average Bonchev–Trinajstić information content (AvgIpc) is 2.78. The van der Waals surface area contributed by atoms with Crippen LogP contribution in [0.15, 0.2) is 54.6 Å². The van der Waals surface area contributed by atoms with Gasteiger partial charge in [-0.05, 0) is 24.1 Å². The summed E-state index contributed by atoms with van der Waals surface area (Å²) >= 11 is 0. The van der Waals surface area contributed by atoms with Crippen molar-refractivity contribution < 1.29 is 9.59 Å². The van der Waals surface area contributed by atoms with Gasteiger partial charge in [-0.15, -0.1) is 0 Å². The van der Waals surface area contributed by atoms with Crippen molar-refractivity contribution in [2.45, 2.75) is 24.7 Å². The molecular weight excluding hydrogens is 262 g/mol. The molecule has 3 rings (SSSR count). The summed E-state index contributed by atoms with van der Waals surface area (Å²) in [5, 5.41) is 2.94. The van der Waals surface area contributed by atoms with Crippen LogP contribution in [-0.2, 0) is 15.0 Å². The van der Waals surface area contributed by atoms with E-state index >= 15 is 0 Å². The molecule has 0 saturated heterocycles. The van der Waals surface area contributed by atoms with Gasteiger partial charge in [0.15, 0.2) is 0 Å². The van der Waals surface area contributed by atoms with Crippen molar-refractivity contribution in [3.05, 3.63) is 65.7 Å². The third-order valence-corrected chi connectivity index (χ3v) is 4.44. The van der Waals surface area contributed by atoms with Gasteiger partial charge in [0.25, 0.3) is 0 Å². The number of hydrogen-bond acceptors (Lipinski definition) is 2. The van der Waals surface area contributed by atoms with E-state index in [4.69, 9.17) is 0 Å². The maximum absolute atomic E-state index is 12.6. The van der Waals surface area contributed by atoms with E-state index in [2.05, 4.69) is 5.32 Å². The molecule has 2 aromatic carbocycles. The molecule has 1 heterocycles. The Morgan fingerprint density at radius 2 is 1.76 bits per heavy atom. The van der Waals surface area contributed by atoms with Crippen LogP contribution >= 0.6 is 0 Å². The van der Waals surface area contributed by atoms with Crippen LogP contribution in [0.3, 0.4) is 0 Å². The lowest BCUT2D eigenvalue weighted by Crippen LogP contribution is -2.37. The molecule has 0 aliphatic carbocycles. The molecule has 3 nitrogen and oxygen atoms in total. The van der Waals surface area contributed by atoms with E-state index in [9.17, 15) is 9.59 Å². The van der Waals surface area contributed by atoms with Crippen LogP contribution in [0.5, 0.6) is 0 Å². The molecule has 1 aliphatic rings. The Morgan fingerprint density at radius 3 is 2.48 bits per heavy atom. The minimum absolute atomic E-state index is 0.0422. The molecule has 21 heavy (non-hydrogen) atoms. The number of aldehydes is 1. The highest BCUT2D eigenvalue weighted by Gasteiger charge is 2.48. The Kier molecular flexibility index (Phi) is 3.34. The average molecular weight is 279 g/mol. The predicted octanol–water partition coefficient (Wildman–Crippen LogP) is 3.27. The first-order valence-corrected chi connectivity index (χ1v) is 7.07. The first-order valence-electron chi connectivity index (χ1n) is 7.07. The van der Waals surface area contributed by atoms with Crippen LogP contribution in [0.25, 0.3) is 0 Å². The van der Waals surface area contributed by atoms with Crippen molar-refractivity contribution >= 4 is 17.9 Å². The van der Waals surface area contributed by atoms with Gasteiger partial charge in [-0.25, -0.2) is 0 Å². The van der Waals surface area contributed by atoms with Crippen LogP contribution in [0, 0.1) is 0 Å². The molecule has 2 atom stereocenters. The van der Waals surface area contributed by atoms with Gasteiger partial charge in [-0.3, -0.25) is 4.79 Å². The number of nitrogens with one attached hydrogen (secondary N) is 1. The molecular formula is C18H17NO2. The number of para-hydroxylation sites is 1. The maximum atomic E-state index is 12.6. The molecule has 106 valence electrons. The quantitative estimate of drug-likeness (QED) is 0.873. The molecule has 0 fully saturated rings. The molecule has 0 aromatic heterocycles. The summed E-state index contributed by atoms with van der Waals surface area (Å²) in [7, 11) is 0. The van der Waals surface area contributed by atoms with Crippen molar-refractivity contribution in [2.24, 2.45) is 0 Å². The number of carbonyl (C=O) groups is 2. The number of benzene rings is 2. The maximum Gasteiger partial charge on any atom is 0.235 e. The van der Waals surface area contributed by atoms with E-state index in [0.29, 0.717) is 6.42 Å². The monoisotopic (exact) mass is 279 g/mol. The standard InChI is InChI=1S/C18H17NO2/c1-18(14(11-12-20)13-7-3-2-4-8-13)15-9-5-6-10-16(15)19-17(18)21/h2-10,12,14H,11H2,1H3,(H,19,21). The number of hydrogen-bond donors (Lipinski definition) is 1. The summed E-state index contributed by atoms with van der Waals surface area (Å²) in [5.41, 5.74) is 2.10. The Morgan fingerprint density at radius 1 is 1.10 bits per heavy atom. The number of rotatable bonds is 4. The molecule has 1 aliphatic heterocycles. The van der Waals surface area contributed by atoms with Crippen LogP contribution < -0.4 is 5.32 Å². The second-order valence-electron chi connectivity index (χ2n) is 5.57. The lowest BCUT2D eigenvalue weighted by Gasteiger charge is -2.32. The zero-order valence-corrected chi connectivity index (χ0v) is 11.9. The fraction of sp³-hybridized carbons (Fsp3) is 0.222. The van der Waals surface area contributed by atoms with E-state index < -0.39 is 5.41 Å². The highest BCUT2D eigenvalue weighted by atomic mass is 16.2. The van der Waals surface area contributed by atoms with Crippen molar-refractivity contribution in [1.82, 2.24) is 0 Å². The Hall–Kier alpha value is -2.42. The topological polar surface area (TPSA) is 46.2 Å². The SMILES string of the molecule is CC1(C(CC=O)c2ccccc2)C(=O)Nc2ccccc21. The molecule has 1 N–H and O–H groups in total. The molecule has 2 unspecified atom stereocenters. The van der Waals surface area contributed by atoms with E-state index in [0.717, 1.165) is 23.1 Å². The largest absolute Gasteiger partial charge is 0.325 e. The summed E-state index contributed by atoms with van der Waals surface area (Å²) in [6.45, 7) is 1.93. The van der Waals surface area contributed by atoms with Gasteiger partial charge < -0.3 is 10.1 Å². The number of carbonyl (C=O) groups excluding carboxylic acids is 2. The lowest BCUT2D eigenvalue weighted by molar-refractivity contribution is -0.121. The first kappa shape index (κ1) is 13.6. The Bertz CT molecular complexity index is 681. The molecule has 3 heteroatoms. The smallest absolute Gasteiger partial charge is 0.235 e. The molecule has 0 spiro atoms. The molecule has 0 radical (unpaired) electrons. The summed E-state index contributed by atoms with van der Waals surface area (Å²) in [5.74, 6) is -0.209. The third kappa shape index (κ3) is 2.05. The van der Waals surface area contributed by atoms with Gasteiger partial charge in [-0.1, -0.05) is 48.5 Å². The van der Waals surface area contributed by atoms with E-state index in [1.54, 1.807) is 0 Å². The summed E-state index contributed by atoms with van der Waals surface area (Å²) in [6.07, 6.45) is 1.22. The summed E-state index contributed by atoms with van der Waals surface area (Å²) < 4.78 is 0. The second-order valence-corrected chi connectivity index (χ2v) is 5.57. The van der Waals surface area contributed by atoms with Gasteiger partial charge in [0.2, 0.25) is 5.91 Å². The van der Waals surface area contributed by atoms with Gasteiger partial charge in [0.1, 0.15) is 6.29 Å². The Labute approximate surface area is 124 Å². The minimum Gasteiger partial charge on any atom is -0.325 e. The van der Waals surface area contributed by atoms with E-state index in [1.807, 2.05) is 61.5 Å². The highest BCUT2D eigenvalue weighted by Crippen LogP contribution is 2.47. The number of amides is 1. The lowest BCUT2D eigenvalue weighted by atomic mass is 9.68. The summed E-state index contributed by atoms with van der Waals surface area (Å²) in [4.78, 5) is 23.8. The van der Waals surface area contributed by atoms with E-state index in [-0.39, 0.29) is 11.8 Å². The second kappa shape index (κ2) is 5.17. The normalized spacial score (nSPS) is 21.5. The van der Waals surface area contributed by atoms with Crippen LogP contribution in [0.2, 0.25) is 0 Å². The van der Waals surface area contributed by atoms with Crippen LogP contribution in [0.4, 0.5) is 5.69 Å². The molecule has 0 bridgehead atoms. The van der Waals surface area contributed by atoms with Crippen molar-refractivity contribution in [3.8, 4) is 0 Å². The van der Waals surface area contributed by atoms with Gasteiger partial charge in [0.05, 0.1) is 5.41 Å². The molecule has 0 saturated carbocycles. The minimum atomic E-state index is -0.723. The predicted molar refractivity (Wildman–Crippen MR) is 82.3 cm³/mol. The Balaban J connectivity index is 2.14. The van der Waals surface area contributed by atoms with Crippen molar-refractivity contribution in [1.29, 1.82) is 0 Å². The van der Waals surface area contributed by atoms with Crippen molar-refractivity contribution in [3.63, 3.8) is 0 Å². The number of anilines is 1. The van der Waals surface area contributed by atoms with Gasteiger partial charge in [-0.2, -0.15) is 0 Å². The van der Waals surface area contributed by atoms with Gasteiger partial charge in [0, 0.05) is 18.0 Å². The molecule has 1 amide bonds.